The van der Waals surface area contributed by atoms with Crippen molar-refractivity contribution < 1.29 is 4.79 Å². The fourth-order valence-corrected chi connectivity index (χ4v) is 5.03. The summed E-state index contributed by atoms with van der Waals surface area (Å²) in [6.07, 6.45) is 5.27. The number of hydrogen-bond donors (Lipinski definition) is 0. The van der Waals surface area contributed by atoms with E-state index in [2.05, 4.69) is 64.5 Å². The van der Waals surface area contributed by atoms with Gasteiger partial charge in [0.2, 0.25) is 0 Å². The van der Waals surface area contributed by atoms with Crippen molar-refractivity contribution in [2.24, 2.45) is 5.92 Å². The minimum atomic E-state index is 0.143. The highest BCUT2D eigenvalue weighted by molar-refractivity contribution is 5.94. The van der Waals surface area contributed by atoms with Gasteiger partial charge in [-0.05, 0) is 84.3 Å². The van der Waals surface area contributed by atoms with Crippen molar-refractivity contribution in [1.29, 1.82) is 5.26 Å². The minimum Gasteiger partial charge on any atom is -0.299 e. The van der Waals surface area contributed by atoms with Gasteiger partial charge in [-0.3, -0.25) is 14.7 Å². The molecular formula is C33H31N3O. The standard InChI is InChI=1S/C33H31N3O/c34-22-27-6-8-28(9-7-27)24-36-18-16-26(17-19-36)21-33(37)32-15-12-29(23-35-32)20-25-10-13-31(14-11-25)30-4-2-1-3-5-30/h1-15,23,26H,16-21,24H2. The summed E-state index contributed by atoms with van der Waals surface area (Å²) in [4.78, 5) is 19.8. The smallest absolute Gasteiger partial charge is 0.181 e. The van der Waals surface area contributed by atoms with E-state index in [0.717, 1.165) is 44.5 Å². The first-order valence-corrected chi connectivity index (χ1v) is 13.0. The van der Waals surface area contributed by atoms with Gasteiger partial charge in [0.1, 0.15) is 5.69 Å². The van der Waals surface area contributed by atoms with Crippen LogP contribution in [0.4, 0.5) is 0 Å². The second-order valence-electron chi connectivity index (χ2n) is 9.95. The SMILES string of the molecule is N#Cc1ccc(CN2CCC(CC(=O)c3ccc(Cc4ccc(-c5ccccc5)cc4)cn3)CC2)cc1. The summed E-state index contributed by atoms with van der Waals surface area (Å²) in [5.41, 5.74) is 7.26. The molecule has 4 heteroatoms. The molecule has 0 N–H and O–H groups in total. The fraction of sp³-hybridized carbons (Fsp3) is 0.242. The van der Waals surface area contributed by atoms with E-state index < -0.39 is 0 Å². The molecule has 2 heterocycles. The number of carbonyl (C=O) groups is 1. The Morgan fingerprint density at radius 2 is 1.46 bits per heavy atom. The molecule has 37 heavy (non-hydrogen) atoms. The van der Waals surface area contributed by atoms with E-state index in [1.165, 1.54) is 22.3 Å². The molecule has 4 nitrogen and oxygen atoms in total. The van der Waals surface area contributed by atoms with Crippen LogP contribution in [-0.2, 0) is 13.0 Å². The van der Waals surface area contributed by atoms with Gasteiger partial charge in [-0.2, -0.15) is 5.26 Å². The highest BCUT2D eigenvalue weighted by Crippen LogP contribution is 2.24. The Bertz CT molecular complexity index is 1350. The van der Waals surface area contributed by atoms with E-state index in [0.29, 0.717) is 23.6 Å². The first-order valence-electron chi connectivity index (χ1n) is 13.0. The maximum Gasteiger partial charge on any atom is 0.181 e. The molecule has 0 saturated carbocycles. The summed E-state index contributed by atoms with van der Waals surface area (Å²) in [7, 11) is 0. The number of pyridine rings is 1. The van der Waals surface area contributed by atoms with Crippen molar-refractivity contribution in [3.8, 4) is 17.2 Å². The lowest BCUT2D eigenvalue weighted by Crippen LogP contribution is -2.34. The Morgan fingerprint density at radius 1 is 0.811 bits per heavy atom. The van der Waals surface area contributed by atoms with E-state index in [-0.39, 0.29) is 5.78 Å². The van der Waals surface area contributed by atoms with Gasteiger partial charge < -0.3 is 0 Å². The van der Waals surface area contributed by atoms with Crippen LogP contribution in [0.3, 0.4) is 0 Å². The summed E-state index contributed by atoms with van der Waals surface area (Å²) >= 11 is 0. The molecule has 0 amide bonds. The molecule has 0 atom stereocenters. The molecule has 0 aliphatic carbocycles. The largest absolute Gasteiger partial charge is 0.299 e. The number of carbonyl (C=O) groups excluding carboxylic acids is 1. The summed E-state index contributed by atoms with van der Waals surface area (Å²) in [5, 5.41) is 8.96. The zero-order valence-electron chi connectivity index (χ0n) is 21.0. The zero-order valence-corrected chi connectivity index (χ0v) is 21.0. The number of nitrogens with zero attached hydrogens (tertiary/aromatic N) is 3. The molecule has 0 bridgehead atoms. The van der Waals surface area contributed by atoms with Gasteiger partial charge in [-0.25, -0.2) is 0 Å². The third-order valence-corrected chi connectivity index (χ3v) is 7.25. The van der Waals surface area contributed by atoms with Crippen LogP contribution < -0.4 is 0 Å². The van der Waals surface area contributed by atoms with Crippen LogP contribution in [0.1, 0.15) is 52.0 Å². The normalized spacial score (nSPS) is 14.2. The number of Topliss-reactive ketones (excluding diaryl/α,β-unsaturated/α-hetero) is 1. The average molecular weight is 486 g/mol. The van der Waals surface area contributed by atoms with E-state index in [9.17, 15) is 4.79 Å². The minimum absolute atomic E-state index is 0.143. The Labute approximate surface area is 219 Å². The topological polar surface area (TPSA) is 57.0 Å². The molecule has 1 aliphatic rings. The molecule has 1 aliphatic heterocycles. The molecule has 1 aromatic heterocycles. The van der Waals surface area contributed by atoms with E-state index in [1.807, 2.05) is 48.7 Å². The van der Waals surface area contributed by atoms with Crippen LogP contribution in [0.2, 0.25) is 0 Å². The third kappa shape index (κ3) is 6.58. The van der Waals surface area contributed by atoms with E-state index in [4.69, 9.17) is 5.26 Å². The van der Waals surface area contributed by atoms with E-state index >= 15 is 0 Å². The van der Waals surface area contributed by atoms with Crippen molar-refractivity contribution in [3.63, 3.8) is 0 Å². The molecule has 5 rings (SSSR count). The molecule has 0 radical (unpaired) electrons. The second-order valence-corrected chi connectivity index (χ2v) is 9.95. The average Bonchev–Trinajstić information content (AvgIpc) is 2.96. The molecule has 0 spiro atoms. The van der Waals surface area contributed by atoms with Gasteiger partial charge in [0, 0.05) is 19.2 Å². The van der Waals surface area contributed by atoms with Crippen LogP contribution in [0.25, 0.3) is 11.1 Å². The lowest BCUT2D eigenvalue weighted by Gasteiger charge is -2.31. The lowest BCUT2D eigenvalue weighted by atomic mass is 9.90. The molecule has 1 saturated heterocycles. The van der Waals surface area contributed by atoms with Crippen LogP contribution in [0, 0.1) is 17.2 Å². The molecule has 3 aromatic carbocycles. The second kappa shape index (κ2) is 11.8. The van der Waals surface area contributed by atoms with Crippen LogP contribution in [-0.4, -0.2) is 28.8 Å². The quantitative estimate of drug-likeness (QED) is 0.261. The summed E-state index contributed by atoms with van der Waals surface area (Å²) in [6.45, 7) is 2.88. The van der Waals surface area contributed by atoms with Gasteiger partial charge in [0.25, 0.3) is 0 Å². The predicted molar refractivity (Wildman–Crippen MR) is 147 cm³/mol. The number of piperidine rings is 1. The van der Waals surface area contributed by atoms with Crippen LogP contribution >= 0.6 is 0 Å². The number of likely N-dealkylation sites (tertiary alicyclic amines) is 1. The number of nitriles is 1. The van der Waals surface area contributed by atoms with Crippen LogP contribution in [0.5, 0.6) is 0 Å². The summed E-state index contributed by atoms with van der Waals surface area (Å²) < 4.78 is 0. The zero-order chi connectivity index (χ0) is 25.5. The third-order valence-electron chi connectivity index (χ3n) is 7.25. The monoisotopic (exact) mass is 485 g/mol. The van der Waals surface area contributed by atoms with Crippen molar-refractivity contribution in [2.75, 3.05) is 13.1 Å². The van der Waals surface area contributed by atoms with Crippen LogP contribution in [0.15, 0.2) is 97.2 Å². The lowest BCUT2D eigenvalue weighted by molar-refractivity contribution is 0.0920. The molecule has 0 unspecified atom stereocenters. The maximum absolute atomic E-state index is 12.9. The Balaban J connectivity index is 1.09. The maximum atomic E-state index is 12.9. The number of hydrogen-bond acceptors (Lipinski definition) is 4. The van der Waals surface area contributed by atoms with Crippen molar-refractivity contribution in [3.05, 3.63) is 125 Å². The predicted octanol–water partition coefficient (Wildman–Crippen LogP) is 6.70. The van der Waals surface area contributed by atoms with Crippen molar-refractivity contribution >= 4 is 5.78 Å². The van der Waals surface area contributed by atoms with Gasteiger partial charge in [0.05, 0.1) is 11.6 Å². The Hall–Kier alpha value is -4.07. The van der Waals surface area contributed by atoms with Gasteiger partial charge in [-0.15, -0.1) is 0 Å². The Morgan fingerprint density at radius 3 is 2.11 bits per heavy atom. The number of rotatable bonds is 8. The highest BCUT2D eigenvalue weighted by atomic mass is 16.1. The summed E-state index contributed by atoms with van der Waals surface area (Å²) in [6, 6.07) is 32.9. The van der Waals surface area contributed by atoms with Gasteiger partial charge in [-0.1, -0.05) is 72.8 Å². The highest BCUT2D eigenvalue weighted by Gasteiger charge is 2.22. The summed E-state index contributed by atoms with van der Waals surface area (Å²) in [5.74, 6) is 0.554. The van der Waals surface area contributed by atoms with Gasteiger partial charge in [0.15, 0.2) is 5.78 Å². The molecular weight excluding hydrogens is 454 g/mol. The number of ketones is 1. The molecule has 4 aromatic rings. The number of benzene rings is 3. The molecule has 184 valence electrons. The van der Waals surface area contributed by atoms with Gasteiger partial charge >= 0.3 is 0 Å². The van der Waals surface area contributed by atoms with Crippen molar-refractivity contribution in [2.45, 2.75) is 32.2 Å². The fourth-order valence-electron chi connectivity index (χ4n) is 5.03. The first-order chi connectivity index (χ1) is 18.2. The van der Waals surface area contributed by atoms with Crippen molar-refractivity contribution in [1.82, 2.24) is 9.88 Å². The number of aromatic nitrogens is 1. The Kier molecular flexibility index (Phi) is 7.84. The molecule has 1 fully saturated rings. The first kappa shape index (κ1) is 24.6. The van der Waals surface area contributed by atoms with E-state index in [1.54, 1.807) is 0 Å².